The predicted molar refractivity (Wildman–Crippen MR) is 126 cm³/mol. The van der Waals surface area contributed by atoms with Gasteiger partial charge in [-0.2, -0.15) is 0 Å². The van der Waals surface area contributed by atoms with E-state index in [1.54, 1.807) is 4.90 Å². The maximum Gasteiger partial charge on any atom is 0.408 e. The van der Waals surface area contributed by atoms with E-state index < -0.39 is 17.6 Å². The highest BCUT2D eigenvalue weighted by Gasteiger charge is 2.47. The van der Waals surface area contributed by atoms with Gasteiger partial charge in [0.15, 0.2) is 0 Å². The largest absolute Gasteiger partial charge is 0.481 e. The molecule has 7 heteroatoms. The summed E-state index contributed by atoms with van der Waals surface area (Å²) in [7, 11) is 0. The van der Waals surface area contributed by atoms with E-state index in [9.17, 15) is 14.4 Å². The van der Waals surface area contributed by atoms with E-state index in [1.807, 2.05) is 24.3 Å². The number of carboxylic acids is 1. The van der Waals surface area contributed by atoms with Gasteiger partial charge in [-0.3, -0.25) is 9.59 Å². The molecule has 2 N–H and O–H groups in total. The number of carbonyl (C=O) groups excluding carboxylic acids is 2. The Balaban J connectivity index is 1.25. The molecule has 0 bridgehead atoms. The maximum absolute atomic E-state index is 13.4. The van der Waals surface area contributed by atoms with Gasteiger partial charge in [-0.05, 0) is 35.1 Å². The van der Waals surface area contributed by atoms with Gasteiger partial charge in [0.1, 0.15) is 12.1 Å². The minimum absolute atomic E-state index is 0.0171. The highest BCUT2D eigenvalue weighted by Crippen LogP contribution is 2.44. The Morgan fingerprint density at radius 3 is 2.12 bits per heavy atom. The molecule has 7 nitrogen and oxygen atoms in total. The van der Waals surface area contributed by atoms with Gasteiger partial charge in [0.05, 0.1) is 6.42 Å². The van der Waals surface area contributed by atoms with Crippen LogP contribution in [0.1, 0.15) is 55.6 Å². The number of nitrogens with zero attached hydrogens (tertiary/aromatic N) is 1. The highest BCUT2D eigenvalue weighted by atomic mass is 16.5. The Kier molecular flexibility index (Phi) is 6.02. The van der Waals surface area contributed by atoms with E-state index in [2.05, 4.69) is 29.6 Å². The molecule has 2 fully saturated rings. The van der Waals surface area contributed by atoms with Crippen molar-refractivity contribution in [3.63, 3.8) is 0 Å². The van der Waals surface area contributed by atoms with E-state index in [4.69, 9.17) is 9.84 Å². The van der Waals surface area contributed by atoms with Gasteiger partial charge in [0.2, 0.25) is 5.91 Å². The molecule has 0 atom stereocenters. The summed E-state index contributed by atoms with van der Waals surface area (Å²) in [6.45, 7) is 1.06. The van der Waals surface area contributed by atoms with Crippen LogP contribution in [-0.4, -0.2) is 53.2 Å². The number of alkyl carbamates (subject to hydrolysis) is 1. The number of likely N-dealkylation sites (tertiary alicyclic amines) is 1. The number of carboxylic acid groups (broad SMARTS) is 1. The molecule has 2 aromatic carbocycles. The molecule has 2 amide bonds. The predicted octanol–water partition coefficient (Wildman–Crippen LogP) is 4.16. The monoisotopic (exact) mass is 462 g/mol. The number of benzene rings is 2. The molecule has 5 rings (SSSR count). The molecule has 34 heavy (non-hydrogen) atoms. The lowest BCUT2D eigenvalue weighted by molar-refractivity contribution is -0.150. The summed E-state index contributed by atoms with van der Waals surface area (Å²) >= 11 is 0. The van der Waals surface area contributed by atoms with Crippen molar-refractivity contribution in [2.24, 2.45) is 5.92 Å². The summed E-state index contributed by atoms with van der Waals surface area (Å²) in [6, 6.07) is 16.4. The van der Waals surface area contributed by atoms with Crippen molar-refractivity contribution in [3.05, 3.63) is 59.7 Å². The van der Waals surface area contributed by atoms with Crippen molar-refractivity contribution >= 4 is 18.0 Å². The Morgan fingerprint density at radius 2 is 1.53 bits per heavy atom. The van der Waals surface area contributed by atoms with Gasteiger partial charge < -0.3 is 20.1 Å². The van der Waals surface area contributed by atoms with Crippen LogP contribution in [0.3, 0.4) is 0 Å². The van der Waals surface area contributed by atoms with E-state index >= 15 is 0 Å². The van der Waals surface area contributed by atoms with Crippen molar-refractivity contribution in [3.8, 4) is 11.1 Å². The number of ether oxygens (including phenoxy) is 1. The normalized spacial score (nSPS) is 19.0. The fourth-order valence-electron chi connectivity index (χ4n) is 5.79. The lowest BCUT2D eigenvalue weighted by atomic mass is 9.79. The third kappa shape index (κ3) is 4.15. The molecule has 2 aliphatic carbocycles. The first-order valence-electron chi connectivity index (χ1n) is 12.1. The van der Waals surface area contributed by atoms with Crippen LogP contribution in [0.4, 0.5) is 4.79 Å². The van der Waals surface area contributed by atoms with Gasteiger partial charge in [0, 0.05) is 24.9 Å². The van der Waals surface area contributed by atoms with Crippen LogP contribution in [0.2, 0.25) is 0 Å². The van der Waals surface area contributed by atoms with Crippen LogP contribution in [0.15, 0.2) is 48.5 Å². The number of amides is 2. The number of nitrogens with one attached hydrogen (secondary N) is 1. The Morgan fingerprint density at radius 1 is 0.941 bits per heavy atom. The standard InChI is InChI=1S/C27H30N2O5/c30-24(31)14-18-15-29(16-18)25(32)27(12-6-1-7-13-27)28-26(33)34-17-23-21-10-4-2-8-19(21)20-9-3-5-11-22(20)23/h2-5,8-11,18,23H,1,6-7,12-17H2,(H,28,33)(H,30,31). The number of fused-ring (bicyclic) bond motifs is 3. The molecule has 1 saturated carbocycles. The number of carbonyl (C=O) groups is 3. The summed E-state index contributed by atoms with van der Waals surface area (Å²) in [5.41, 5.74) is 3.66. The number of hydrogen-bond donors (Lipinski definition) is 2. The minimum atomic E-state index is -0.963. The molecular formula is C27H30N2O5. The van der Waals surface area contributed by atoms with E-state index in [0.717, 1.165) is 30.4 Å². The second-order valence-electron chi connectivity index (χ2n) is 9.77. The van der Waals surface area contributed by atoms with Crippen LogP contribution in [0.5, 0.6) is 0 Å². The highest BCUT2D eigenvalue weighted by molar-refractivity contribution is 5.91. The summed E-state index contributed by atoms with van der Waals surface area (Å²) in [5.74, 6) is -1.01. The van der Waals surface area contributed by atoms with Crippen molar-refractivity contribution in [2.75, 3.05) is 19.7 Å². The van der Waals surface area contributed by atoms with E-state index in [0.29, 0.717) is 25.9 Å². The molecule has 0 aromatic heterocycles. The second-order valence-corrected chi connectivity index (χ2v) is 9.77. The first-order valence-corrected chi connectivity index (χ1v) is 12.1. The zero-order valence-electron chi connectivity index (χ0n) is 19.2. The molecular weight excluding hydrogens is 432 g/mol. The molecule has 1 aliphatic heterocycles. The van der Waals surface area contributed by atoms with Crippen molar-refractivity contribution < 1.29 is 24.2 Å². The van der Waals surface area contributed by atoms with Crippen molar-refractivity contribution in [1.29, 1.82) is 0 Å². The summed E-state index contributed by atoms with van der Waals surface area (Å²) < 4.78 is 5.72. The first kappa shape index (κ1) is 22.4. The molecule has 1 saturated heterocycles. The summed E-state index contributed by atoms with van der Waals surface area (Å²) in [5, 5.41) is 11.9. The second kappa shape index (κ2) is 9.12. The quantitative estimate of drug-likeness (QED) is 0.672. The van der Waals surface area contributed by atoms with Gasteiger partial charge >= 0.3 is 12.1 Å². The van der Waals surface area contributed by atoms with E-state index in [-0.39, 0.29) is 30.8 Å². The van der Waals surface area contributed by atoms with E-state index in [1.165, 1.54) is 11.1 Å². The smallest absolute Gasteiger partial charge is 0.408 e. The van der Waals surface area contributed by atoms with Gasteiger partial charge in [0.25, 0.3) is 0 Å². The molecule has 1 heterocycles. The third-order valence-corrected chi connectivity index (χ3v) is 7.51. The summed E-state index contributed by atoms with van der Waals surface area (Å²) in [6.07, 6.45) is 3.41. The molecule has 178 valence electrons. The molecule has 3 aliphatic rings. The summed E-state index contributed by atoms with van der Waals surface area (Å²) in [4.78, 5) is 39.0. The Bertz CT molecular complexity index is 1060. The zero-order chi connectivity index (χ0) is 23.7. The van der Waals surface area contributed by atoms with Crippen LogP contribution in [0, 0.1) is 5.92 Å². The first-order chi connectivity index (χ1) is 16.5. The average molecular weight is 463 g/mol. The molecule has 2 aromatic rings. The number of rotatable bonds is 6. The molecule has 0 radical (unpaired) electrons. The van der Waals surface area contributed by atoms with Gasteiger partial charge in [-0.15, -0.1) is 0 Å². The topological polar surface area (TPSA) is 95.9 Å². The van der Waals surface area contributed by atoms with Gasteiger partial charge in [-0.25, -0.2) is 4.79 Å². The minimum Gasteiger partial charge on any atom is -0.481 e. The fourth-order valence-corrected chi connectivity index (χ4v) is 5.79. The number of hydrogen-bond acceptors (Lipinski definition) is 4. The zero-order valence-corrected chi connectivity index (χ0v) is 19.2. The van der Waals surface area contributed by atoms with Gasteiger partial charge in [-0.1, -0.05) is 67.8 Å². The third-order valence-electron chi connectivity index (χ3n) is 7.51. The van der Waals surface area contributed by atoms with Crippen molar-refractivity contribution in [2.45, 2.75) is 50.0 Å². The Labute approximate surface area is 199 Å². The van der Waals surface area contributed by atoms with Crippen molar-refractivity contribution in [1.82, 2.24) is 10.2 Å². The maximum atomic E-state index is 13.4. The van der Waals surface area contributed by atoms with Crippen LogP contribution in [0.25, 0.3) is 11.1 Å². The average Bonchev–Trinajstić information content (AvgIpc) is 3.13. The number of aliphatic carboxylic acids is 1. The lowest BCUT2D eigenvalue weighted by Gasteiger charge is -2.46. The fraction of sp³-hybridized carbons (Fsp3) is 0.444. The van der Waals surface area contributed by atoms with Crippen LogP contribution < -0.4 is 5.32 Å². The lowest BCUT2D eigenvalue weighted by Crippen LogP contribution is -2.65. The molecule has 0 unspecified atom stereocenters. The Hall–Kier alpha value is -3.35. The molecule has 0 spiro atoms. The van der Waals surface area contributed by atoms with Crippen LogP contribution in [-0.2, 0) is 14.3 Å². The van der Waals surface area contributed by atoms with Crippen LogP contribution >= 0.6 is 0 Å². The SMILES string of the molecule is O=C(O)CC1CN(C(=O)C2(NC(=O)OCC3c4ccccc4-c4ccccc43)CCCCC2)C1.